The van der Waals surface area contributed by atoms with Gasteiger partial charge in [-0.3, -0.25) is 4.79 Å². The molecule has 39 heavy (non-hydrogen) atoms. The summed E-state index contributed by atoms with van der Waals surface area (Å²) in [6, 6.07) is 29.5. The average molecular weight is 530 g/mol. The van der Waals surface area contributed by atoms with Crippen molar-refractivity contribution in [3.05, 3.63) is 131 Å². The predicted molar refractivity (Wildman–Crippen MR) is 144 cm³/mol. The van der Waals surface area contributed by atoms with E-state index in [9.17, 15) is 18.0 Å². The highest BCUT2D eigenvalue weighted by Crippen LogP contribution is 2.33. The van der Waals surface area contributed by atoms with E-state index in [4.69, 9.17) is 4.74 Å². The number of ether oxygens (including phenoxy) is 1. The topological polar surface area (TPSA) is 56.1 Å². The van der Waals surface area contributed by atoms with Gasteiger partial charge in [0.15, 0.2) is 0 Å². The molecule has 0 saturated heterocycles. The fourth-order valence-electron chi connectivity index (χ4n) is 4.44. The first-order chi connectivity index (χ1) is 18.9. The third-order valence-electron chi connectivity index (χ3n) is 6.39. The minimum absolute atomic E-state index is 0.0471. The maximum Gasteiger partial charge on any atom is 0.416 e. The van der Waals surface area contributed by atoms with Crippen LogP contribution in [0.25, 0.3) is 11.0 Å². The van der Waals surface area contributed by atoms with Crippen molar-refractivity contribution in [3.8, 4) is 5.75 Å². The summed E-state index contributed by atoms with van der Waals surface area (Å²) < 4.78 is 48.8. The molecule has 0 bridgehead atoms. The smallest absolute Gasteiger partial charge is 0.416 e. The molecule has 0 aliphatic heterocycles. The van der Waals surface area contributed by atoms with E-state index in [2.05, 4.69) is 10.3 Å². The second-order valence-electron chi connectivity index (χ2n) is 9.07. The third-order valence-corrected chi connectivity index (χ3v) is 6.39. The zero-order chi connectivity index (χ0) is 27.2. The Kier molecular flexibility index (Phi) is 7.63. The van der Waals surface area contributed by atoms with Crippen LogP contribution in [0.2, 0.25) is 0 Å². The van der Waals surface area contributed by atoms with Gasteiger partial charge in [0.05, 0.1) is 23.1 Å². The zero-order valence-electron chi connectivity index (χ0n) is 21.0. The number of benzene rings is 4. The fraction of sp³-hybridized carbons (Fsp3) is 0.161. The molecule has 5 rings (SSSR count). The minimum atomic E-state index is -4.49. The Morgan fingerprint density at radius 2 is 1.56 bits per heavy atom. The van der Waals surface area contributed by atoms with Crippen molar-refractivity contribution < 1.29 is 22.7 Å². The fourth-order valence-corrected chi connectivity index (χ4v) is 4.44. The second-order valence-corrected chi connectivity index (χ2v) is 9.07. The van der Waals surface area contributed by atoms with Gasteiger partial charge < -0.3 is 14.6 Å². The van der Waals surface area contributed by atoms with Crippen LogP contribution < -0.4 is 10.1 Å². The Bertz CT molecular complexity index is 1570. The van der Waals surface area contributed by atoms with Crippen molar-refractivity contribution in [2.75, 3.05) is 6.54 Å². The summed E-state index contributed by atoms with van der Waals surface area (Å²) >= 11 is 0. The lowest BCUT2D eigenvalue weighted by Crippen LogP contribution is -2.25. The van der Waals surface area contributed by atoms with Crippen LogP contribution in [0.1, 0.15) is 32.9 Å². The number of hydrogen-bond acceptors (Lipinski definition) is 3. The van der Waals surface area contributed by atoms with Gasteiger partial charge in [-0.25, -0.2) is 4.98 Å². The van der Waals surface area contributed by atoms with Gasteiger partial charge in [0.1, 0.15) is 18.2 Å². The van der Waals surface area contributed by atoms with E-state index in [-0.39, 0.29) is 24.6 Å². The summed E-state index contributed by atoms with van der Waals surface area (Å²) in [7, 11) is 0. The number of amides is 1. The molecule has 0 aliphatic rings. The number of nitrogens with zero attached hydrogens (tertiary/aromatic N) is 2. The number of nitrogens with one attached hydrogen (secondary N) is 1. The van der Waals surface area contributed by atoms with Crippen molar-refractivity contribution in [1.82, 2.24) is 14.9 Å². The maximum absolute atomic E-state index is 13.7. The Balaban J connectivity index is 1.43. The average Bonchev–Trinajstić information content (AvgIpc) is 3.29. The summed E-state index contributed by atoms with van der Waals surface area (Å²) in [5.41, 5.74) is 2.08. The largest absolute Gasteiger partial charge is 0.486 e. The Morgan fingerprint density at radius 1 is 0.872 bits per heavy atom. The quantitative estimate of drug-likeness (QED) is 0.233. The first-order valence-electron chi connectivity index (χ1n) is 12.5. The first-order valence-corrected chi connectivity index (χ1v) is 12.5. The Hall–Kier alpha value is -4.59. The number of halogens is 3. The van der Waals surface area contributed by atoms with E-state index >= 15 is 0 Å². The molecule has 1 N–H and O–H groups in total. The van der Waals surface area contributed by atoms with Crippen molar-refractivity contribution in [3.63, 3.8) is 0 Å². The predicted octanol–water partition coefficient (Wildman–Crippen LogP) is 6.65. The summed E-state index contributed by atoms with van der Waals surface area (Å²) in [5, 5.41) is 2.92. The lowest BCUT2D eigenvalue weighted by atomic mass is 10.1. The van der Waals surface area contributed by atoms with Crippen molar-refractivity contribution in [2.24, 2.45) is 0 Å². The highest BCUT2D eigenvalue weighted by Gasteiger charge is 2.33. The number of aromatic nitrogens is 2. The van der Waals surface area contributed by atoms with Crippen LogP contribution in [0.4, 0.5) is 13.2 Å². The van der Waals surface area contributed by atoms with Gasteiger partial charge >= 0.3 is 6.18 Å². The molecule has 0 radical (unpaired) electrons. The number of alkyl halides is 3. The summed E-state index contributed by atoms with van der Waals surface area (Å²) in [6.07, 6.45) is -3.79. The molecule has 1 amide bonds. The molecular formula is C31H26F3N3O2. The maximum atomic E-state index is 13.7. The second kappa shape index (κ2) is 11.4. The van der Waals surface area contributed by atoms with Crippen LogP contribution in [0.3, 0.4) is 0 Å². The molecule has 4 aromatic carbocycles. The molecule has 0 saturated carbocycles. The van der Waals surface area contributed by atoms with Crippen LogP contribution >= 0.6 is 0 Å². The summed E-state index contributed by atoms with van der Waals surface area (Å²) in [4.78, 5) is 17.5. The number of carbonyl (C=O) groups excluding carboxylic acids is 1. The number of imidazole rings is 1. The molecule has 8 heteroatoms. The van der Waals surface area contributed by atoms with Crippen LogP contribution in [0, 0.1) is 0 Å². The SMILES string of the molecule is O=C(NCCc1ccccc1)c1ccc2c(c1)nc(COc1ccccc1)n2Cc1ccccc1C(F)(F)F. The van der Waals surface area contributed by atoms with E-state index in [1.807, 2.05) is 48.5 Å². The standard InChI is InChI=1S/C31H26F3N3O2/c32-31(33,34)26-14-8-7-11-24(26)20-37-28-16-15-23(30(38)35-18-17-22-9-3-1-4-10-22)19-27(28)36-29(37)21-39-25-12-5-2-6-13-25/h1-16,19H,17-18,20-21H2,(H,35,38). The summed E-state index contributed by atoms with van der Waals surface area (Å²) in [6.45, 7) is 0.466. The lowest BCUT2D eigenvalue weighted by Gasteiger charge is -2.15. The molecule has 1 aromatic heterocycles. The van der Waals surface area contributed by atoms with E-state index in [0.717, 1.165) is 11.6 Å². The van der Waals surface area contributed by atoms with Crippen molar-refractivity contribution in [2.45, 2.75) is 25.7 Å². The Morgan fingerprint density at radius 3 is 2.31 bits per heavy atom. The van der Waals surface area contributed by atoms with Crippen LogP contribution in [0.15, 0.2) is 103 Å². The van der Waals surface area contributed by atoms with Crippen molar-refractivity contribution >= 4 is 16.9 Å². The number of rotatable bonds is 9. The normalized spacial score (nSPS) is 11.5. The van der Waals surface area contributed by atoms with Gasteiger partial charge in [-0.05, 0) is 53.9 Å². The van der Waals surface area contributed by atoms with Crippen LogP contribution in [0.5, 0.6) is 5.75 Å². The number of fused-ring (bicyclic) bond motifs is 1. The molecule has 5 aromatic rings. The third kappa shape index (κ3) is 6.29. The van der Waals surface area contributed by atoms with Gasteiger partial charge in [-0.15, -0.1) is 0 Å². The zero-order valence-corrected chi connectivity index (χ0v) is 21.0. The molecule has 198 valence electrons. The molecule has 0 atom stereocenters. The van der Waals surface area contributed by atoms with Gasteiger partial charge in [-0.2, -0.15) is 13.2 Å². The molecule has 5 nitrogen and oxygen atoms in total. The molecule has 0 unspecified atom stereocenters. The van der Waals surface area contributed by atoms with E-state index in [1.165, 1.54) is 12.1 Å². The van der Waals surface area contributed by atoms with Gasteiger partial charge in [0.25, 0.3) is 5.91 Å². The van der Waals surface area contributed by atoms with E-state index in [1.54, 1.807) is 41.0 Å². The minimum Gasteiger partial charge on any atom is -0.486 e. The van der Waals surface area contributed by atoms with Crippen molar-refractivity contribution in [1.29, 1.82) is 0 Å². The van der Waals surface area contributed by atoms with E-state index in [0.29, 0.717) is 41.1 Å². The summed E-state index contributed by atoms with van der Waals surface area (Å²) in [5.74, 6) is 0.824. The van der Waals surface area contributed by atoms with Gasteiger partial charge in [0.2, 0.25) is 0 Å². The molecule has 0 aliphatic carbocycles. The first kappa shape index (κ1) is 26.0. The molecule has 1 heterocycles. The van der Waals surface area contributed by atoms with Gasteiger partial charge in [-0.1, -0.05) is 66.7 Å². The van der Waals surface area contributed by atoms with Gasteiger partial charge in [0, 0.05) is 12.1 Å². The highest BCUT2D eigenvalue weighted by molar-refractivity contribution is 5.97. The molecule has 0 fully saturated rings. The van der Waals surface area contributed by atoms with Crippen LogP contribution in [-0.4, -0.2) is 22.0 Å². The molecular weight excluding hydrogens is 503 g/mol. The highest BCUT2D eigenvalue weighted by atomic mass is 19.4. The number of para-hydroxylation sites is 1. The molecule has 0 spiro atoms. The number of carbonyl (C=O) groups is 1. The van der Waals surface area contributed by atoms with E-state index < -0.39 is 11.7 Å². The Labute approximate surface area is 223 Å². The lowest BCUT2D eigenvalue weighted by molar-refractivity contribution is -0.138. The van der Waals surface area contributed by atoms with Crippen LogP contribution in [-0.2, 0) is 25.7 Å². The monoisotopic (exact) mass is 529 g/mol. The number of hydrogen-bond donors (Lipinski definition) is 1.